The van der Waals surface area contributed by atoms with Gasteiger partial charge < -0.3 is 10.1 Å². The fraction of sp³-hybridized carbons (Fsp3) is 0.556. The topological polar surface area (TPSA) is 21.3 Å². The maximum atomic E-state index is 13.5. The third kappa shape index (κ3) is 2.98. The fourth-order valence-corrected chi connectivity index (χ4v) is 3.91. The van der Waals surface area contributed by atoms with Crippen LogP contribution in [0.2, 0.25) is 0 Å². The monoisotopic (exact) mass is 289 g/mol. The molecule has 0 radical (unpaired) electrons. The van der Waals surface area contributed by atoms with Crippen molar-refractivity contribution in [2.45, 2.75) is 45.3 Å². The van der Waals surface area contributed by atoms with E-state index >= 15 is 0 Å². The van der Waals surface area contributed by atoms with E-state index in [1.807, 2.05) is 13.1 Å². The minimum absolute atomic E-state index is 0.169. The van der Waals surface area contributed by atoms with Crippen molar-refractivity contribution in [2.75, 3.05) is 7.05 Å². The van der Waals surface area contributed by atoms with Crippen molar-refractivity contribution in [3.8, 4) is 5.75 Å². The molecule has 0 saturated heterocycles. The molecule has 1 aliphatic carbocycles. The minimum Gasteiger partial charge on any atom is -0.490 e. The second kappa shape index (κ2) is 5.80. The third-order valence-electron chi connectivity index (χ3n) is 4.80. The quantitative estimate of drug-likeness (QED) is 0.823. The Morgan fingerprint density at radius 1 is 1.29 bits per heavy atom. The van der Waals surface area contributed by atoms with Gasteiger partial charge in [-0.1, -0.05) is 24.6 Å². The lowest BCUT2D eigenvalue weighted by molar-refractivity contribution is 0.0807. The van der Waals surface area contributed by atoms with Crippen LogP contribution in [0.5, 0.6) is 5.75 Å². The van der Waals surface area contributed by atoms with E-state index in [-0.39, 0.29) is 18.0 Å². The Hall–Kier alpha value is -1.35. The maximum absolute atomic E-state index is 13.5. The van der Waals surface area contributed by atoms with Crippen LogP contribution in [0.4, 0.5) is 4.39 Å². The van der Waals surface area contributed by atoms with Crippen LogP contribution in [0.15, 0.2) is 29.8 Å². The van der Waals surface area contributed by atoms with Crippen molar-refractivity contribution in [2.24, 2.45) is 11.8 Å². The van der Waals surface area contributed by atoms with Crippen molar-refractivity contribution in [3.05, 3.63) is 41.2 Å². The molecule has 2 aliphatic rings. The number of nitrogens with one attached hydrogen (secondary N) is 1. The van der Waals surface area contributed by atoms with Crippen LogP contribution in [0, 0.1) is 17.7 Å². The van der Waals surface area contributed by atoms with Gasteiger partial charge in [0.2, 0.25) is 0 Å². The molecule has 1 aliphatic heterocycles. The first-order valence-corrected chi connectivity index (χ1v) is 7.87. The number of ether oxygens (including phenoxy) is 1. The van der Waals surface area contributed by atoms with Gasteiger partial charge >= 0.3 is 0 Å². The van der Waals surface area contributed by atoms with Gasteiger partial charge in [0, 0.05) is 30.0 Å². The number of rotatable bonds is 2. The summed E-state index contributed by atoms with van der Waals surface area (Å²) in [5.41, 5.74) is 2.53. The van der Waals surface area contributed by atoms with Gasteiger partial charge in [0.1, 0.15) is 17.7 Å². The second-order valence-electron chi connectivity index (χ2n) is 6.61. The Morgan fingerprint density at radius 3 is 2.81 bits per heavy atom. The summed E-state index contributed by atoms with van der Waals surface area (Å²) in [4.78, 5) is 0. The number of benzene rings is 1. The molecule has 3 heteroatoms. The summed E-state index contributed by atoms with van der Waals surface area (Å²) in [6.07, 6.45) is 5.74. The Bertz CT molecular complexity index is 554. The summed E-state index contributed by atoms with van der Waals surface area (Å²) in [5, 5.41) is 3.35. The molecular weight excluding hydrogens is 265 g/mol. The summed E-state index contributed by atoms with van der Waals surface area (Å²) >= 11 is 0. The molecule has 0 bridgehead atoms. The van der Waals surface area contributed by atoms with E-state index in [1.54, 1.807) is 0 Å². The average molecular weight is 289 g/mol. The third-order valence-corrected chi connectivity index (χ3v) is 4.80. The first-order chi connectivity index (χ1) is 10.1. The zero-order valence-electron chi connectivity index (χ0n) is 13.0. The zero-order valence-corrected chi connectivity index (χ0v) is 13.0. The molecule has 0 fully saturated rings. The molecule has 1 heterocycles. The molecule has 1 aromatic carbocycles. The molecule has 0 spiro atoms. The van der Waals surface area contributed by atoms with Crippen molar-refractivity contribution >= 4 is 0 Å². The highest BCUT2D eigenvalue weighted by atomic mass is 19.1. The summed E-state index contributed by atoms with van der Waals surface area (Å²) in [6, 6.07) is 5.14. The van der Waals surface area contributed by atoms with Crippen molar-refractivity contribution in [1.82, 2.24) is 5.32 Å². The number of hydrogen-bond donors (Lipinski definition) is 1. The van der Waals surface area contributed by atoms with Crippen LogP contribution in [-0.2, 0) is 0 Å². The lowest BCUT2D eigenvalue weighted by atomic mass is 9.77. The molecule has 4 unspecified atom stereocenters. The molecular formula is C18H24FNO. The highest BCUT2D eigenvalue weighted by Gasteiger charge is 2.34. The van der Waals surface area contributed by atoms with Gasteiger partial charge in [-0.3, -0.25) is 0 Å². The summed E-state index contributed by atoms with van der Waals surface area (Å²) < 4.78 is 19.7. The second-order valence-corrected chi connectivity index (χ2v) is 6.61. The predicted molar refractivity (Wildman–Crippen MR) is 82.9 cm³/mol. The normalized spacial score (nSPS) is 32.1. The molecule has 114 valence electrons. The van der Waals surface area contributed by atoms with E-state index in [2.05, 4.69) is 25.2 Å². The lowest BCUT2D eigenvalue weighted by Gasteiger charge is -2.38. The van der Waals surface area contributed by atoms with Gasteiger partial charge in [-0.15, -0.1) is 0 Å². The van der Waals surface area contributed by atoms with E-state index in [9.17, 15) is 4.39 Å². The molecule has 1 aromatic rings. The Kier molecular flexibility index (Phi) is 4.03. The van der Waals surface area contributed by atoms with E-state index in [4.69, 9.17) is 4.74 Å². The number of hydrogen-bond acceptors (Lipinski definition) is 2. The van der Waals surface area contributed by atoms with Gasteiger partial charge in [0.05, 0.1) is 0 Å². The highest BCUT2D eigenvalue weighted by molar-refractivity contribution is 5.38. The first kappa shape index (κ1) is 14.6. The lowest BCUT2D eigenvalue weighted by Crippen LogP contribution is -2.38. The molecule has 0 aromatic heterocycles. The Morgan fingerprint density at radius 2 is 2.10 bits per heavy atom. The number of halogens is 1. The smallest absolute Gasteiger partial charge is 0.127 e. The number of fused-ring (bicyclic) bond motifs is 1. The van der Waals surface area contributed by atoms with Crippen molar-refractivity contribution < 1.29 is 9.13 Å². The molecule has 21 heavy (non-hydrogen) atoms. The predicted octanol–water partition coefficient (Wildman–Crippen LogP) is 4.23. The van der Waals surface area contributed by atoms with E-state index < -0.39 is 0 Å². The standard InChI is InChI=1S/C18H24FNO/c1-11-6-12(2)8-13(7-11)17-10-16(20-3)15-5-4-14(19)9-18(15)21-17/h4-6,9,11,13,16-17,20H,7-8,10H2,1-3H3. The molecule has 0 saturated carbocycles. The van der Waals surface area contributed by atoms with Gasteiger partial charge in [0.25, 0.3) is 0 Å². The van der Waals surface area contributed by atoms with E-state index in [1.165, 1.54) is 17.7 Å². The van der Waals surface area contributed by atoms with Crippen LogP contribution >= 0.6 is 0 Å². The maximum Gasteiger partial charge on any atom is 0.127 e. The molecule has 2 nitrogen and oxygen atoms in total. The SMILES string of the molecule is CNC1CC(C2CC(C)=CC(C)C2)Oc2cc(F)ccc21. The molecule has 4 atom stereocenters. The average Bonchev–Trinajstić information content (AvgIpc) is 2.44. The first-order valence-electron chi connectivity index (χ1n) is 7.87. The van der Waals surface area contributed by atoms with Crippen LogP contribution in [-0.4, -0.2) is 13.2 Å². The van der Waals surface area contributed by atoms with Crippen LogP contribution in [0.25, 0.3) is 0 Å². The Balaban J connectivity index is 1.85. The van der Waals surface area contributed by atoms with Gasteiger partial charge in [-0.2, -0.15) is 0 Å². The molecule has 0 amide bonds. The van der Waals surface area contributed by atoms with Gasteiger partial charge in [-0.05, 0) is 38.8 Å². The van der Waals surface area contributed by atoms with Crippen LogP contribution < -0.4 is 10.1 Å². The minimum atomic E-state index is -0.225. The summed E-state index contributed by atoms with van der Waals surface area (Å²) in [5.74, 6) is 1.62. The number of allylic oxidation sites excluding steroid dienone is 2. The Labute approximate surface area is 126 Å². The molecule has 3 rings (SSSR count). The summed E-state index contributed by atoms with van der Waals surface area (Å²) in [7, 11) is 1.97. The van der Waals surface area contributed by atoms with E-state index in [0.717, 1.165) is 24.8 Å². The van der Waals surface area contributed by atoms with Gasteiger partial charge in [0.15, 0.2) is 0 Å². The molecule has 1 N–H and O–H groups in total. The highest BCUT2D eigenvalue weighted by Crippen LogP contribution is 2.41. The van der Waals surface area contributed by atoms with Crippen molar-refractivity contribution in [3.63, 3.8) is 0 Å². The van der Waals surface area contributed by atoms with Crippen LogP contribution in [0.1, 0.15) is 44.7 Å². The van der Waals surface area contributed by atoms with E-state index in [0.29, 0.717) is 17.6 Å². The summed E-state index contributed by atoms with van der Waals surface area (Å²) in [6.45, 7) is 4.47. The fourth-order valence-electron chi connectivity index (χ4n) is 3.91. The van der Waals surface area contributed by atoms with Gasteiger partial charge in [-0.25, -0.2) is 4.39 Å². The largest absolute Gasteiger partial charge is 0.490 e. The van der Waals surface area contributed by atoms with Crippen molar-refractivity contribution in [1.29, 1.82) is 0 Å². The zero-order chi connectivity index (χ0) is 15.0. The van der Waals surface area contributed by atoms with Crippen LogP contribution in [0.3, 0.4) is 0 Å².